The molecule has 0 aromatic heterocycles. The van der Waals surface area contributed by atoms with E-state index in [4.69, 9.17) is 9.47 Å². The fraction of sp³-hybridized carbons (Fsp3) is 0.667. The van der Waals surface area contributed by atoms with Gasteiger partial charge in [-0.15, -0.1) is 0 Å². The molecule has 1 rings (SSSR count). The second kappa shape index (κ2) is 4.79. The second-order valence-corrected chi connectivity index (χ2v) is 20.3. The third-order valence-electron chi connectivity index (χ3n) is 3.94. The third-order valence-corrected chi connectivity index (χ3v) is 21.8. The SMILES string of the molecule is CCO/C=C1/C(=C\OCC)[Si](C)(C)[Si]1(C)C. The van der Waals surface area contributed by atoms with Gasteiger partial charge in [-0.3, -0.25) is 0 Å². The predicted molar refractivity (Wildman–Crippen MR) is 74.4 cm³/mol. The Morgan fingerprint density at radius 1 is 0.812 bits per heavy atom. The van der Waals surface area contributed by atoms with Gasteiger partial charge >= 0.3 is 0 Å². The van der Waals surface area contributed by atoms with Crippen LogP contribution < -0.4 is 0 Å². The van der Waals surface area contributed by atoms with Crippen LogP contribution >= 0.6 is 0 Å². The molecule has 2 nitrogen and oxygen atoms in total. The fourth-order valence-electron chi connectivity index (χ4n) is 2.04. The molecule has 0 atom stereocenters. The van der Waals surface area contributed by atoms with Gasteiger partial charge in [-0.25, -0.2) is 0 Å². The molecule has 4 heteroatoms. The molecule has 0 radical (unpaired) electrons. The lowest BCUT2D eigenvalue weighted by molar-refractivity contribution is 0.263. The first-order valence-corrected chi connectivity index (χ1v) is 13.0. The molecule has 0 bridgehead atoms. The van der Waals surface area contributed by atoms with Gasteiger partial charge in [-0.1, -0.05) is 26.2 Å². The molecular weight excluding hydrogens is 232 g/mol. The van der Waals surface area contributed by atoms with Gasteiger partial charge in [-0.05, 0) is 24.2 Å². The van der Waals surface area contributed by atoms with Gasteiger partial charge in [0.25, 0.3) is 0 Å². The first kappa shape index (κ1) is 13.6. The van der Waals surface area contributed by atoms with Crippen molar-refractivity contribution in [1.29, 1.82) is 0 Å². The zero-order chi connectivity index (χ0) is 12.4. The second-order valence-electron chi connectivity index (χ2n) is 5.22. The molecule has 0 aliphatic carbocycles. The Kier molecular flexibility index (Phi) is 4.07. The molecular formula is C12H24O2Si2. The summed E-state index contributed by atoms with van der Waals surface area (Å²) in [5.74, 6) is 0. The zero-order valence-corrected chi connectivity index (χ0v) is 13.4. The Labute approximate surface area is 101 Å². The smallest absolute Gasteiger partial charge is 0.0845 e. The van der Waals surface area contributed by atoms with Crippen molar-refractivity contribution in [2.45, 2.75) is 40.0 Å². The average molecular weight is 256 g/mol. The largest absolute Gasteiger partial charge is 0.502 e. The number of rotatable bonds is 4. The van der Waals surface area contributed by atoms with Crippen LogP contribution in [0, 0.1) is 0 Å². The van der Waals surface area contributed by atoms with E-state index in [-0.39, 0.29) is 0 Å². The zero-order valence-electron chi connectivity index (χ0n) is 11.4. The monoisotopic (exact) mass is 256 g/mol. The summed E-state index contributed by atoms with van der Waals surface area (Å²) in [6.07, 6.45) is 3.96. The van der Waals surface area contributed by atoms with Crippen LogP contribution in [0.5, 0.6) is 0 Å². The maximum atomic E-state index is 5.48. The summed E-state index contributed by atoms with van der Waals surface area (Å²) in [5.41, 5.74) is 0. The van der Waals surface area contributed by atoms with Crippen molar-refractivity contribution in [3.8, 4) is 0 Å². The fourth-order valence-corrected chi connectivity index (χ4v) is 11.8. The van der Waals surface area contributed by atoms with Crippen LogP contribution in [-0.4, -0.2) is 28.4 Å². The summed E-state index contributed by atoms with van der Waals surface area (Å²) in [5, 5.41) is 2.92. The van der Waals surface area contributed by atoms with Crippen LogP contribution in [0.15, 0.2) is 22.9 Å². The highest BCUT2D eigenvalue weighted by atomic mass is 29.3. The first-order valence-electron chi connectivity index (χ1n) is 6.04. The summed E-state index contributed by atoms with van der Waals surface area (Å²) in [7, 11) is -2.46. The van der Waals surface area contributed by atoms with Gasteiger partial charge in [0, 0.05) is 0 Å². The third kappa shape index (κ3) is 2.00. The number of allylic oxidation sites excluding steroid dienone is 2. The Morgan fingerprint density at radius 3 is 1.38 bits per heavy atom. The highest BCUT2D eigenvalue weighted by Crippen LogP contribution is 2.47. The van der Waals surface area contributed by atoms with E-state index in [1.165, 1.54) is 10.4 Å². The van der Waals surface area contributed by atoms with Gasteiger partial charge in [0.15, 0.2) is 0 Å². The Morgan fingerprint density at radius 2 is 1.12 bits per heavy atom. The summed E-state index contributed by atoms with van der Waals surface area (Å²) in [6, 6.07) is 0. The molecule has 1 aliphatic rings. The van der Waals surface area contributed by atoms with E-state index in [0.29, 0.717) is 0 Å². The van der Waals surface area contributed by atoms with Crippen molar-refractivity contribution in [1.82, 2.24) is 0 Å². The van der Waals surface area contributed by atoms with Gasteiger partial charge < -0.3 is 9.47 Å². The lowest BCUT2D eigenvalue weighted by Gasteiger charge is -2.53. The van der Waals surface area contributed by atoms with Crippen molar-refractivity contribution < 1.29 is 9.47 Å². The number of hydrogen-bond donors (Lipinski definition) is 0. The van der Waals surface area contributed by atoms with E-state index < -0.39 is 15.2 Å². The van der Waals surface area contributed by atoms with Gasteiger partial charge in [-0.2, -0.15) is 0 Å². The quantitative estimate of drug-likeness (QED) is 0.567. The Bertz CT molecular complexity index is 285. The molecule has 0 saturated carbocycles. The molecule has 0 unspecified atom stereocenters. The van der Waals surface area contributed by atoms with Crippen LogP contribution in [0.25, 0.3) is 0 Å². The van der Waals surface area contributed by atoms with E-state index in [0.717, 1.165) is 13.2 Å². The van der Waals surface area contributed by atoms with Crippen molar-refractivity contribution in [2.24, 2.45) is 0 Å². The van der Waals surface area contributed by atoms with Crippen LogP contribution in [0.2, 0.25) is 26.2 Å². The van der Waals surface area contributed by atoms with Gasteiger partial charge in [0.2, 0.25) is 0 Å². The van der Waals surface area contributed by atoms with Crippen LogP contribution in [0.1, 0.15) is 13.8 Å². The van der Waals surface area contributed by atoms with Crippen molar-refractivity contribution in [3.63, 3.8) is 0 Å². The number of ether oxygens (including phenoxy) is 2. The summed E-state index contributed by atoms with van der Waals surface area (Å²) < 4.78 is 11.0. The molecule has 1 heterocycles. The molecule has 1 aliphatic heterocycles. The van der Waals surface area contributed by atoms with Crippen LogP contribution in [-0.2, 0) is 9.47 Å². The molecule has 16 heavy (non-hydrogen) atoms. The Hall–Kier alpha value is -0.486. The normalized spacial score (nSPS) is 26.6. The molecule has 0 spiro atoms. The molecule has 0 aromatic rings. The summed E-state index contributed by atoms with van der Waals surface area (Å²) in [6.45, 7) is 15.4. The molecule has 1 saturated heterocycles. The predicted octanol–water partition coefficient (Wildman–Crippen LogP) is 3.41. The van der Waals surface area contributed by atoms with E-state index in [1.807, 2.05) is 26.4 Å². The maximum absolute atomic E-state index is 5.48. The van der Waals surface area contributed by atoms with Crippen molar-refractivity contribution in [3.05, 3.63) is 22.9 Å². The van der Waals surface area contributed by atoms with Crippen LogP contribution in [0.3, 0.4) is 0 Å². The minimum Gasteiger partial charge on any atom is -0.502 e. The first-order chi connectivity index (χ1) is 7.39. The van der Waals surface area contributed by atoms with E-state index in [9.17, 15) is 0 Å². The summed E-state index contributed by atoms with van der Waals surface area (Å²) >= 11 is 0. The minimum atomic E-state index is -1.23. The highest BCUT2D eigenvalue weighted by Gasteiger charge is 2.58. The number of hydrogen-bond acceptors (Lipinski definition) is 2. The van der Waals surface area contributed by atoms with Crippen molar-refractivity contribution in [2.75, 3.05) is 13.2 Å². The minimum absolute atomic E-state index is 0.748. The van der Waals surface area contributed by atoms with Crippen LogP contribution in [0.4, 0.5) is 0 Å². The average Bonchev–Trinajstić information content (AvgIpc) is 2.21. The Balaban J connectivity index is 2.97. The van der Waals surface area contributed by atoms with E-state index >= 15 is 0 Å². The molecule has 0 N–H and O–H groups in total. The molecule has 0 aromatic carbocycles. The lowest BCUT2D eigenvalue weighted by Crippen LogP contribution is -2.68. The standard InChI is InChI=1S/C12H24O2Si2/c1-7-13-9-11-12(10-14-8-2)16(5,6)15(11,3)4/h9-10H,7-8H2,1-6H3/b11-9-,12-10+. The van der Waals surface area contributed by atoms with Gasteiger partial charge in [0.05, 0.1) is 40.9 Å². The lowest BCUT2D eigenvalue weighted by atomic mass is 10.5. The summed E-state index contributed by atoms with van der Waals surface area (Å²) in [4.78, 5) is 0. The van der Waals surface area contributed by atoms with Gasteiger partial charge in [0.1, 0.15) is 0 Å². The topological polar surface area (TPSA) is 18.5 Å². The molecule has 0 amide bonds. The maximum Gasteiger partial charge on any atom is 0.0845 e. The van der Waals surface area contributed by atoms with Crippen molar-refractivity contribution >= 4 is 15.2 Å². The highest BCUT2D eigenvalue weighted by molar-refractivity contribution is 7.52. The molecule has 92 valence electrons. The molecule has 1 fully saturated rings. The van der Waals surface area contributed by atoms with E-state index in [1.54, 1.807) is 0 Å². The van der Waals surface area contributed by atoms with E-state index in [2.05, 4.69) is 26.2 Å².